The molecule has 0 saturated carbocycles. The summed E-state index contributed by atoms with van der Waals surface area (Å²) in [5.74, 6) is 0.166. The van der Waals surface area contributed by atoms with E-state index in [9.17, 15) is 4.79 Å². The normalized spacial score (nSPS) is 11.1. The van der Waals surface area contributed by atoms with Crippen molar-refractivity contribution in [3.05, 3.63) is 75.7 Å². The number of benzene rings is 2. The SMILES string of the molecule is CCn1ncc(CN(C)C(=O)c2nc(-c3ccccc3Cl)nc3ccc(Cl)cc23)c1C. The van der Waals surface area contributed by atoms with E-state index in [1.54, 1.807) is 42.4 Å². The molecule has 0 N–H and O–H groups in total. The van der Waals surface area contributed by atoms with Crippen LogP contribution in [0.5, 0.6) is 0 Å². The maximum absolute atomic E-state index is 13.5. The maximum Gasteiger partial charge on any atom is 0.273 e. The van der Waals surface area contributed by atoms with Gasteiger partial charge in [-0.15, -0.1) is 0 Å². The first-order valence-corrected chi connectivity index (χ1v) is 10.6. The molecule has 2 aromatic heterocycles. The fourth-order valence-corrected chi connectivity index (χ4v) is 3.89. The average Bonchev–Trinajstić information content (AvgIpc) is 3.12. The highest BCUT2D eigenvalue weighted by molar-refractivity contribution is 6.33. The summed E-state index contributed by atoms with van der Waals surface area (Å²) >= 11 is 12.6. The molecular formula is C23H21Cl2N5O. The smallest absolute Gasteiger partial charge is 0.273 e. The lowest BCUT2D eigenvalue weighted by molar-refractivity contribution is 0.0781. The van der Waals surface area contributed by atoms with Crippen molar-refractivity contribution in [3.63, 3.8) is 0 Å². The van der Waals surface area contributed by atoms with Crippen molar-refractivity contribution < 1.29 is 4.79 Å². The number of carbonyl (C=O) groups excluding carboxylic acids is 1. The zero-order valence-corrected chi connectivity index (χ0v) is 18.9. The number of halogens is 2. The summed E-state index contributed by atoms with van der Waals surface area (Å²) in [7, 11) is 1.75. The van der Waals surface area contributed by atoms with E-state index < -0.39 is 0 Å². The van der Waals surface area contributed by atoms with E-state index in [1.807, 2.05) is 36.7 Å². The highest BCUT2D eigenvalue weighted by Crippen LogP contribution is 2.29. The Hall–Kier alpha value is -2.96. The summed E-state index contributed by atoms with van der Waals surface area (Å²) in [4.78, 5) is 24.3. The highest BCUT2D eigenvalue weighted by Gasteiger charge is 2.21. The van der Waals surface area contributed by atoms with Gasteiger partial charge in [-0.25, -0.2) is 9.97 Å². The molecule has 0 aliphatic rings. The minimum atomic E-state index is -0.230. The Bertz CT molecular complexity index is 1280. The van der Waals surface area contributed by atoms with E-state index in [0.717, 1.165) is 17.8 Å². The van der Waals surface area contributed by atoms with Gasteiger partial charge in [-0.05, 0) is 44.2 Å². The van der Waals surface area contributed by atoms with Crippen LogP contribution in [0.3, 0.4) is 0 Å². The van der Waals surface area contributed by atoms with Crippen molar-refractivity contribution in [2.75, 3.05) is 7.05 Å². The van der Waals surface area contributed by atoms with Crippen molar-refractivity contribution in [1.82, 2.24) is 24.6 Å². The molecule has 2 aromatic carbocycles. The molecule has 0 aliphatic carbocycles. The number of hydrogen-bond donors (Lipinski definition) is 0. The number of amides is 1. The van der Waals surface area contributed by atoms with Gasteiger partial charge >= 0.3 is 0 Å². The molecule has 0 saturated heterocycles. The highest BCUT2D eigenvalue weighted by atomic mass is 35.5. The van der Waals surface area contributed by atoms with Crippen LogP contribution in [0.25, 0.3) is 22.3 Å². The van der Waals surface area contributed by atoms with E-state index in [4.69, 9.17) is 23.2 Å². The van der Waals surface area contributed by atoms with Gasteiger partial charge < -0.3 is 4.90 Å². The number of rotatable bonds is 5. The molecule has 158 valence electrons. The summed E-state index contributed by atoms with van der Waals surface area (Å²) in [5.41, 5.74) is 3.60. The molecule has 1 amide bonds. The third kappa shape index (κ3) is 4.13. The second-order valence-corrected chi connectivity index (χ2v) is 8.11. The molecule has 6 nitrogen and oxygen atoms in total. The number of aryl methyl sites for hydroxylation is 1. The monoisotopic (exact) mass is 453 g/mol. The van der Waals surface area contributed by atoms with Gasteiger partial charge in [-0.2, -0.15) is 5.10 Å². The average molecular weight is 454 g/mol. The Kier molecular flexibility index (Phi) is 5.94. The molecule has 0 bridgehead atoms. The van der Waals surface area contributed by atoms with Gasteiger partial charge in [0.15, 0.2) is 5.82 Å². The van der Waals surface area contributed by atoms with Crippen LogP contribution in [0.2, 0.25) is 10.0 Å². The van der Waals surface area contributed by atoms with Crippen molar-refractivity contribution >= 4 is 40.0 Å². The first-order valence-electron chi connectivity index (χ1n) is 9.88. The van der Waals surface area contributed by atoms with Crippen LogP contribution in [-0.4, -0.2) is 37.6 Å². The lowest BCUT2D eigenvalue weighted by Gasteiger charge is -2.18. The standard InChI is InChI=1S/C23H21Cl2N5O/c1-4-30-14(2)15(12-26-30)13-29(3)23(31)21-18-11-16(24)9-10-20(18)27-22(28-21)17-7-5-6-8-19(17)25/h5-12H,4,13H2,1-3H3. The van der Waals surface area contributed by atoms with Crippen molar-refractivity contribution in [1.29, 1.82) is 0 Å². The van der Waals surface area contributed by atoms with Gasteiger partial charge in [-0.1, -0.05) is 35.3 Å². The van der Waals surface area contributed by atoms with Crippen LogP contribution < -0.4 is 0 Å². The number of hydrogen-bond acceptors (Lipinski definition) is 4. The fraction of sp³-hybridized carbons (Fsp3) is 0.217. The molecule has 4 rings (SSSR count). The van der Waals surface area contributed by atoms with E-state index in [1.165, 1.54) is 0 Å². The van der Waals surface area contributed by atoms with Gasteiger partial charge in [-0.3, -0.25) is 9.48 Å². The Morgan fingerprint density at radius 1 is 1.13 bits per heavy atom. The summed E-state index contributed by atoms with van der Waals surface area (Å²) in [6, 6.07) is 12.5. The number of fused-ring (bicyclic) bond motifs is 1. The van der Waals surface area contributed by atoms with Crippen LogP contribution in [0.1, 0.15) is 28.7 Å². The number of nitrogens with zero attached hydrogens (tertiary/aromatic N) is 5. The first-order chi connectivity index (χ1) is 14.9. The summed E-state index contributed by atoms with van der Waals surface area (Å²) in [6.45, 7) is 5.23. The van der Waals surface area contributed by atoms with E-state index in [-0.39, 0.29) is 11.6 Å². The van der Waals surface area contributed by atoms with E-state index in [0.29, 0.717) is 38.9 Å². The van der Waals surface area contributed by atoms with Gasteiger partial charge in [0.1, 0.15) is 5.69 Å². The van der Waals surface area contributed by atoms with Crippen LogP contribution in [0.15, 0.2) is 48.7 Å². The molecule has 4 aromatic rings. The molecular weight excluding hydrogens is 433 g/mol. The minimum Gasteiger partial charge on any atom is -0.336 e. The van der Waals surface area contributed by atoms with Crippen molar-refractivity contribution in [3.8, 4) is 11.4 Å². The van der Waals surface area contributed by atoms with Gasteiger partial charge in [0.25, 0.3) is 5.91 Å². The fourth-order valence-electron chi connectivity index (χ4n) is 3.49. The molecule has 0 spiro atoms. The van der Waals surface area contributed by atoms with Crippen molar-refractivity contribution in [2.24, 2.45) is 0 Å². The summed E-state index contributed by atoms with van der Waals surface area (Å²) in [5, 5.41) is 5.99. The van der Waals surface area contributed by atoms with E-state index in [2.05, 4.69) is 15.1 Å². The second-order valence-electron chi connectivity index (χ2n) is 7.27. The van der Waals surface area contributed by atoms with Gasteiger partial charge in [0.05, 0.1) is 16.7 Å². The van der Waals surface area contributed by atoms with Crippen LogP contribution in [0, 0.1) is 6.92 Å². The Balaban J connectivity index is 1.79. The van der Waals surface area contributed by atoms with Gasteiger partial charge in [0, 0.05) is 47.4 Å². The van der Waals surface area contributed by atoms with Crippen LogP contribution in [0.4, 0.5) is 0 Å². The molecule has 0 radical (unpaired) electrons. The summed E-state index contributed by atoms with van der Waals surface area (Å²) in [6.07, 6.45) is 1.80. The lowest BCUT2D eigenvalue weighted by atomic mass is 10.1. The predicted molar refractivity (Wildman–Crippen MR) is 123 cm³/mol. The van der Waals surface area contributed by atoms with Gasteiger partial charge in [0.2, 0.25) is 0 Å². The lowest BCUT2D eigenvalue weighted by Crippen LogP contribution is -2.27. The Morgan fingerprint density at radius 3 is 2.61 bits per heavy atom. The maximum atomic E-state index is 13.5. The first kappa shape index (κ1) is 21.3. The quantitative estimate of drug-likeness (QED) is 0.405. The largest absolute Gasteiger partial charge is 0.336 e. The van der Waals surface area contributed by atoms with Crippen LogP contribution >= 0.6 is 23.2 Å². The van der Waals surface area contributed by atoms with E-state index >= 15 is 0 Å². The van der Waals surface area contributed by atoms with Crippen LogP contribution in [-0.2, 0) is 13.1 Å². The molecule has 0 fully saturated rings. The third-order valence-corrected chi connectivity index (χ3v) is 5.80. The zero-order chi connectivity index (χ0) is 22.1. The third-order valence-electron chi connectivity index (χ3n) is 5.23. The molecule has 2 heterocycles. The molecule has 0 unspecified atom stereocenters. The minimum absolute atomic E-state index is 0.230. The number of aromatic nitrogens is 4. The Morgan fingerprint density at radius 2 is 1.90 bits per heavy atom. The molecule has 0 aliphatic heterocycles. The molecule has 8 heteroatoms. The predicted octanol–water partition coefficient (Wildman–Crippen LogP) is 5.40. The summed E-state index contributed by atoms with van der Waals surface area (Å²) < 4.78 is 1.91. The second kappa shape index (κ2) is 8.65. The van der Waals surface area contributed by atoms with Crippen molar-refractivity contribution in [2.45, 2.75) is 26.9 Å². The molecule has 31 heavy (non-hydrogen) atoms. The molecule has 0 atom stereocenters. The number of carbonyl (C=O) groups is 1. The topological polar surface area (TPSA) is 63.9 Å². The Labute approximate surface area is 190 Å². The zero-order valence-electron chi connectivity index (χ0n) is 17.4.